The van der Waals surface area contributed by atoms with Gasteiger partial charge in [0.15, 0.2) is 0 Å². The summed E-state index contributed by atoms with van der Waals surface area (Å²) in [6, 6.07) is -1.08. The second kappa shape index (κ2) is 21.9. The Hall–Kier alpha value is -2.96. The Labute approximate surface area is 341 Å². The van der Waals surface area contributed by atoms with Crippen molar-refractivity contribution < 1.29 is 48.7 Å². The van der Waals surface area contributed by atoms with Gasteiger partial charge in [-0.3, -0.25) is 14.4 Å². The predicted molar refractivity (Wildman–Crippen MR) is 219 cm³/mol. The van der Waals surface area contributed by atoms with Crippen molar-refractivity contribution in [2.45, 2.75) is 174 Å². The number of amides is 1. The topological polar surface area (TPSA) is 160 Å². The van der Waals surface area contributed by atoms with Crippen LogP contribution in [0.2, 0.25) is 0 Å². The quantitative estimate of drug-likeness (QED) is 0.143. The van der Waals surface area contributed by atoms with Crippen LogP contribution < -0.4 is 0 Å². The minimum Gasteiger partial charge on any atom is -0.456 e. The van der Waals surface area contributed by atoms with Gasteiger partial charge in [0.05, 0.1) is 24.4 Å². The summed E-state index contributed by atoms with van der Waals surface area (Å²) in [5, 5.41) is 32.9. The van der Waals surface area contributed by atoms with Gasteiger partial charge in [-0.1, -0.05) is 64.2 Å². The van der Waals surface area contributed by atoms with Gasteiger partial charge in [-0.05, 0) is 120 Å². The third-order valence-electron chi connectivity index (χ3n) is 13.1. The predicted octanol–water partition coefficient (Wildman–Crippen LogP) is 6.73. The number of Topliss-reactive ketones (excluding diaryl/α,β-unsaturated/α-hetero) is 2. The molecule has 4 rings (SSSR count). The number of hydrogen-bond donors (Lipinski definition) is 3. The standard InChI is InChI=1S/C46H71NO10/c1-29-13-9-8-10-14-30(2)41(55-7)27-37-22-17-34(6)46(54,57-37)43(51)44(52)47-24-12-11-15-38(47)45(53)56-42(28-40(50)32(4)25-29)31(3)16-23-39(49)33(5)26-35-18-20-36(48)21-19-35/h8-10,13-14,16,29,32-39,41-42,48-49,54H,11-12,15,17-28H2,1-7H3/b10-8+,13-9+,30-14+,31-16+/t29-,32-,33-,34-,35-,36-,37+,38+,39+,41+,42+,46-/m1/s1. The average Bonchev–Trinajstić information content (AvgIpc) is 3.19. The number of rotatable bonds is 7. The number of nitrogens with zero attached hydrogens (tertiary/aromatic N) is 1. The maximum Gasteiger partial charge on any atom is 0.329 e. The molecule has 3 heterocycles. The number of cyclic esters (lactones) is 1. The smallest absolute Gasteiger partial charge is 0.329 e. The highest BCUT2D eigenvalue weighted by molar-refractivity contribution is 6.39. The van der Waals surface area contributed by atoms with Crippen LogP contribution >= 0.6 is 0 Å². The van der Waals surface area contributed by atoms with E-state index in [4.69, 9.17) is 14.2 Å². The molecule has 11 nitrogen and oxygen atoms in total. The lowest BCUT2D eigenvalue weighted by Gasteiger charge is -2.42. The first-order chi connectivity index (χ1) is 27.0. The average molecular weight is 798 g/mol. The molecule has 2 bridgehead atoms. The molecule has 57 heavy (non-hydrogen) atoms. The van der Waals surface area contributed by atoms with Gasteiger partial charge in [0, 0.05) is 38.3 Å². The number of methoxy groups -OCH3 is 1. The SMILES string of the molecule is CO[C@H]1C[C@@H]2CC[C@@H](C)[C@@](O)(O2)C(=O)C(=O)N2CCCC[C@H]2C(=O)O[C@H](/C(C)=C/C[C@H](O)[C@H](C)C[C@H]2CC[C@H](O)CC2)CC(=O)[C@H](C)C[C@H](C)/C=C/C=C/C=C/1C. The van der Waals surface area contributed by atoms with Crippen LogP contribution in [0.15, 0.2) is 47.6 Å². The highest BCUT2D eigenvalue weighted by Crippen LogP contribution is 2.37. The molecule has 3 fully saturated rings. The van der Waals surface area contributed by atoms with Crippen LogP contribution in [0.3, 0.4) is 0 Å². The third-order valence-corrected chi connectivity index (χ3v) is 13.1. The van der Waals surface area contributed by atoms with Crippen molar-refractivity contribution in [3.8, 4) is 0 Å². The van der Waals surface area contributed by atoms with E-state index in [1.54, 1.807) is 21.0 Å². The van der Waals surface area contributed by atoms with Gasteiger partial charge in [0.2, 0.25) is 5.79 Å². The maximum atomic E-state index is 14.1. The van der Waals surface area contributed by atoms with Crippen molar-refractivity contribution in [1.82, 2.24) is 4.90 Å². The first kappa shape index (κ1) is 46.7. The molecule has 1 amide bonds. The van der Waals surface area contributed by atoms with E-state index in [0.29, 0.717) is 56.4 Å². The lowest BCUT2D eigenvalue weighted by molar-refractivity contribution is -0.265. The number of hydrogen-bond acceptors (Lipinski definition) is 10. The van der Waals surface area contributed by atoms with Gasteiger partial charge in [0.1, 0.15) is 17.9 Å². The van der Waals surface area contributed by atoms with Crippen LogP contribution in [0.1, 0.15) is 131 Å². The molecule has 11 heteroatoms. The minimum atomic E-state index is -2.38. The van der Waals surface area contributed by atoms with E-state index in [2.05, 4.69) is 13.0 Å². The van der Waals surface area contributed by atoms with Crippen molar-refractivity contribution in [2.75, 3.05) is 13.7 Å². The fourth-order valence-corrected chi connectivity index (χ4v) is 8.95. The van der Waals surface area contributed by atoms with Gasteiger partial charge in [0.25, 0.3) is 11.7 Å². The van der Waals surface area contributed by atoms with Crippen LogP contribution in [0.4, 0.5) is 0 Å². The Morgan fingerprint density at radius 1 is 1.00 bits per heavy atom. The second-order valence-electron chi connectivity index (χ2n) is 17.7. The van der Waals surface area contributed by atoms with Crippen LogP contribution in [-0.4, -0.2) is 99.7 Å². The zero-order valence-corrected chi connectivity index (χ0v) is 35.6. The number of ether oxygens (including phenoxy) is 3. The van der Waals surface area contributed by atoms with E-state index in [-0.39, 0.29) is 55.1 Å². The highest BCUT2D eigenvalue weighted by Gasteiger charge is 2.53. The Kier molecular flexibility index (Phi) is 17.9. The molecule has 3 N–H and O–H groups in total. The summed E-state index contributed by atoms with van der Waals surface area (Å²) in [5.41, 5.74) is 1.56. The molecule has 2 saturated heterocycles. The summed E-state index contributed by atoms with van der Waals surface area (Å²) in [7, 11) is 1.60. The number of esters is 1. The molecule has 4 aliphatic rings. The van der Waals surface area contributed by atoms with Crippen molar-refractivity contribution in [1.29, 1.82) is 0 Å². The molecular formula is C46H71NO10. The molecule has 0 aromatic carbocycles. The van der Waals surface area contributed by atoms with E-state index in [1.807, 2.05) is 51.2 Å². The van der Waals surface area contributed by atoms with Gasteiger partial charge in [-0.15, -0.1) is 0 Å². The Balaban J connectivity index is 1.61. The molecule has 0 unspecified atom stereocenters. The minimum absolute atomic E-state index is 0.0153. The van der Waals surface area contributed by atoms with E-state index in [0.717, 1.165) is 37.7 Å². The summed E-state index contributed by atoms with van der Waals surface area (Å²) in [4.78, 5) is 57.2. The number of fused-ring (bicyclic) bond motifs is 3. The van der Waals surface area contributed by atoms with Crippen molar-refractivity contribution >= 4 is 23.4 Å². The summed E-state index contributed by atoms with van der Waals surface area (Å²) in [6.07, 6.45) is 16.9. The summed E-state index contributed by atoms with van der Waals surface area (Å²) in [6.45, 7) is 11.5. The van der Waals surface area contributed by atoms with E-state index < -0.39 is 53.7 Å². The number of carbonyl (C=O) groups is 4. The molecular weight excluding hydrogens is 727 g/mol. The van der Waals surface area contributed by atoms with Gasteiger partial charge in [-0.2, -0.15) is 0 Å². The Bertz CT molecular complexity index is 1490. The number of aliphatic hydroxyl groups is 3. The molecule has 0 aromatic rings. The maximum absolute atomic E-state index is 14.1. The van der Waals surface area contributed by atoms with Gasteiger partial charge in [-0.25, -0.2) is 4.79 Å². The van der Waals surface area contributed by atoms with Crippen molar-refractivity contribution in [2.24, 2.45) is 29.6 Å². The number of allylic oxidation sites excluding steroid dienone is 5. The summed E-state index contributed by atoms with van der Waals surface area (Å²) >= 11 is 0. The molecule has 0 radical (unpaired) electrons. The molecule has 0 aromatic heterocycles. The number of piperidine rings is 1. The van der Waals surface area contributed by atoms with E-state index >= 15 is 0 Å². The fraction of sp³-hybridized carbons (Fsp3) is 0.739. The molecule has 1 saturated carbocycles. The van der Waals surface area contributed by atoms with Crippen LogP contribution in [-0.2, 0) is 33.4 Å². The summed E-state index contributed by atoms with van der Waals surface area (Å²) < 4.78 is 18.0. The number of ketones is 2. The van der Waals surface area contributed by atoms with Gasteiger partial charge >= 0.3 is 5.97 Å². The first-order valence-electron chi connectivity index (χ1n) is 21.6. The van der Waals surface area contributed by atoms with E-state index in [9.17, 15) is 34.5 Å². The zero-order chi connectivity index (χ0) is 41.9. The molecule has 320 valence electrons. The zero-order valence-electron chi connectivity index (χ0n) is 35.6. The first-order valence-corrected chi connectivity index (χ1v) is 21.6. The van der Waals surface area contributed by atoms with Crippen LogP contribution in [0.5, 0.6) is 0 Å². The normalized spacial score (nSPS) is 37.9. The van der Waals surface area contributed by atoms with Crippen molar-refractivity contribution in [3.63, 3.8) is 0 Å². The monoisotopic (exact) mass is 798 g/mol. The number of aliphatic hydroxyl groups excluding tert-OH is 2. The molecule has 1 aliphatic carbocycles. The molecule has 3 aliphatic heterocycles. The Morgan fingerprint density at radius 2 is 1.72 bits per heavy atom. The number of carbonyl (C=O) groups excluding carboxylic acids is 4. The molecule has 0 spiro atoms. The summed E-state index contributed by atoms with van der Waals surface area (Å²) in [5.74, 6) is -5.68. The third kappa shape index (κ3) is 13.0. The molecule has 10 atom stereocenters. The lowest BCUT2D eigenvalue weighted by Crippen LogP contribution is -2.60. The lowest BCUT2D eigenvalue weighted by atomic mass is 9.80. The highest BCUT2D eigenvalue weighted by atomic mass is 16.6. The van der Waals surface area contributed by atoms with Gasteiger partial charge < -0.3 is 34.4 Å². The largest absolute Gasteiger partial charge is 0.456 e. The van der Waals surface area contributed by atoms with Crippen LogP contribution in [0, 0.1) is 29.6 Å². The second-order valence-corrected chi connectivity index (χ2v) is 17.7. The van der Waals surface area contributed by atoms with Crippen LogP contribution in [0.25, 0.3) is 0 Å². The fourth-order valence-electron chi connectivity index (χ4n) is 8.95. The van der Waals surface area contributed by atoms with E-state index in [1.165, 1.54) is 4.90 Å². The van der Waals surface area contributed by atoms with Crippen molar-refractivity contribution in [3.05, 3.63) is 47.6 Å². The Morgan fingerprint density at radius 3 is 2.42 bits per heavy atom.